The van der Waals surface area contributed by atoms with Crippen molar-refractivity contribution in [2.24, 2.45) is 0 Å². The van der Waals surface area contributed by atoms with Crippen LogP contribution in [0.25, 0.3) is 0 Å². The van der Waals surface area contributed by atoms with E-state index in [1.165, 1.54) is 0 Å². The molecule has 0 aromatic heterocycles. The minimum absolute atomic E-state index is 0.137. The van der Waals surface area contributed by atoms with E-state index >= 15 is 0 Å². The average molecular weight is 174 g/mol. The topological polar surface area (TPSA) is 26.3 Å². The van der Waals surface area contributed by atoms with Crippen LogP contribution in [-0.4, -0.2) is 27.4 Å². The molecular formula is C8H18O2Si. The lowest BCUT2D eigenvalue weighted by Gasteiger charge is -2.28. The summed E-state index contributed by atoms with van der Waals surface area (Å²) in [7, 11) is 0.578. The van der Waals surface area contributed by atoms with Crippen LogP contribution >= 0.6 is 0 Å². The molecule has 0 aromatic carbocycles. The quantitative estimate of drug-likeness (QED) is 0.579. The lowest BCUT2D eigenvalue weighted by molar-refractivity contribution is -0.139. The van der Waals surface area contributed by atoms with E-state index in [1.54, 1.807) is 0 Å². The van der Waals surface area contributed by atoms with E-state index in [0.717, 1.165) is 6.42 Å². The predicted octanol–water partition coefficient (Wildman–Crippen LogP) is 0.472. The van der Waals surface area contributed by atoms with Gasteiger partial charge in [0.15, 0.2) is 0 Å². The molecule has 0 rings (SSSR count). The van der Waals surface area contributed by atoms with E-state index in [2.05, 4.69) is 0 Å². The Morgan fingerprint density at radius 1 is 1.64 bits per heavy atom. The Morgan fingerprint density at radius 2 is 2.09 bits per heavy atom. The molecule has 0 fully saturated rings. The number of rotatable bonds is 4. The fourth-order valence-corrected chi connectivity index (χ4v) is 1.41. The number of hydrogen-bond donors (Lipinski definition) is 0. The zero-order chi connectivity index (χ0) is 9.07. The molecule has 2 nitrogen and oxygen atoms in total. The highest BCUT2D eigenvalue weighted by Gasteiger charge is 2.28. The average Bonchev–Trinajstić information content (AvgIpc) is 1.86. The molecular weight excluding hydrogens is 156 g/mol. The number of hydrogen-bond acceptors (Lipinski definition) is 2. The third-order valence-corrected chi connectivity index (χ3v) is 2.97. The van der Waals surface area contributed by atoms with Gasteiger partial charge >= 0.3 is 0 Å². The van der Waals surface area contributed by atoms with Gasteiger partial charge in [0, 0.05) is 0 Å². The van der Waals surface area contributed by atoms with Crippen LogP contribution in [0.15, 0.2) is 0 Å². The van der Waals surface area contributed by atoms with Crippen LogP contribution in [0, 0.1) is 0 Å². The van der Waals surface area contributed by atoms with Crippen molar-refractivity contribution >= 4 is 15.6 Å². The smallest absolute Gasteiger partial charge is 0.131 e. The summed E-state index contributed by atoms with van der Waals surface area (Å²) in [5.41, 5.74) is -0.514. The Bertz CT molecular complexity index is 145. The first-order valence-corrected chi connectivity index (χ1v) is 5.11. The zero-order valence-corrected chi connectivity index (χ0v) is 10.1. The molecule has 0 aliphatic heterocycles. The summed E-state index contributed by atoms with van der Waals surface area (Å²) in [5.74, 6) is 0. The van der Waals surface area contributed by atoms with E-state index in [-0.39, 0.29) is 11.5 Å². The SMILES string of the molecule is CCC(C)(OC(C)C)C(=O)[SiH3]. The molecule has 1 unspecified atom stereocenters. The molecule has 66 valence electrons. The number of ether oxygens (including phenoxy) is 1. The van der Waals surface area contributed by atoms with Crippen molar-refractivity contribution in [1.82, 2.24) is 0 Å². The molecule has 0 bridgehead atoms. The summed E-state index contributed by atoms with van der Waals surface area (Å²) >= 11 is 0. The Hall–Kier alpha value is -0.153. The van der Waals surface area contributed by atoms with Gasteiger partial charge in [0.2, 0.25) is 0 Å². The first kappa shape index (κ1) is 10.8. The van der Waals surface area contributed by atoms with Crippen LogP contribution in [0.5, 0.6) is 0 Å². The molecule has 1 atom stereocenters. The van der Waals surface area contributed by atoms with Crippen molar-refractivity contribution in [3.63, 3.8) is 0 Å². The van der Waals surface area contributed by atoms with Gasteiger partial charge in [-0.25, -0.2) is 0 Å². The zero-order valence-electron chi connectivity index (χ0n) is 8.10. The van der Waals surface area contributed by atoms with Gasteiger partial charge in [-0.3, -0.25) is 0 Å². The molecule has 0 heterocycles. The molecule has 0 N–H and O–H groups in total. The molecule has 0 aliphatic carbocycles. The van der Waals surface area contributed by atoms with Crippen LogP contribution < -0.4 is 0 Å². The van der Waals surface area contributed by atoms with Crippen molar-refractivity contribution < 1.29 is 9.53 Å². The second kappa shape index (κ2) is 4.02. The Balaban J connectivity index is 4.22. The van der Waals surface area contributed by atoms with E-state index in [0.29, 0.717) is 10.2 Å². The Labute approximate surface area is 71.7 Å². The molecule has 0 amide bonds. The molecule has 0 saturated carbocycles. The van der Waals surface area contributed by atoms with Crippen molar-refractivity contribution in [2.75, 3.05) is 0 Å². The van der Waals surface area contributed by atoms with Gasteiger partial charge in [-0.1, -0.05) is 6.92 Å². The molecule has 0 spiro atoms. The third-order valence-electron chi connectivity index (χ3n) is 1.92. The maximum atomic E-state index is 11.2. The van der Waals surface area contributed by atoms with Gasteiger partial charge < -0.3 is 9.53 Å². The highest BCUT2D eigenvalue weighted by atomic mass is 28.1. The van der Waals surface area contributed by atoms with Gasteiger partial charge in [0.1, 0.15) is 11.0 Å². The number of carbonyl (C=O) groups excluding carboxylic acids is 1. The fraction of sp³-hybridized carbons (Fsp3) is 0.875. The Morgan fingerprint density at radius 3 is 2.18 bits per heavy atom. The fourth-order valence-electron chi connectivity index (χ4n) is 0.935. The maximum Gasteiger partial charge on any atom is 0.131 e. The third kappa shape index (κ3) is 3.16. The first-order valence-electron chi connectivity index (χ1n) is 4.11. The standard InChI is InChI=1S/C8H18O2Si/c1-5-8(4,7(9)11)10-6(2)3/h6H,5H2,1-4,11H3. The molecule has 0 aliphatic rings. The van der Waals surface area contributed by atoms with Gasteiger partial charge in [-0.05, 0) is 27.2 Å². The minimum atomic E-state index is -0.514. The van der Waals surface area contributed by atoms with Gasteiger partial charge in [0.25, 0.3) is 0 Å². The molecule has 0 aromatic rings. The van der Waals surface area contributed by atoms with Crippen molar-refractivity contribution in [1.29, 1.82) is 0 Å². The van der Waals surface area contributed by atoms with Gasteiger partial charge in [-0.2, -0.15) is 0 Å². The molecule has 3 heteroatoms. The molecule has 11 heavy (non-hydrogen) atoms. The molecule has 0 saturated heterocycles. The largest absolute Gasteiger partial charge is 0.365 e. The summed E-state index contributed by atoms with van der Waals surface area (Å²) in [6, 6.07) is 0. The van der Waals surface area contributed by atoms with Crippen LogP contribution in [-0.2, 0) is 9.53 Å². The molecule has 0 radical (unpaired) electrons. The van der Waals surface area contributed by atoms with Crippen molar-refractivity contribution in [3.8, 4) is 0 Å². The van der Waals surface area contributed by atoms with Crippen LogP contribution in [0.4, 0.5) is 0 Å². The lowest BCUT2D eigenvalue weighted by atomic mass is 10.1. The van der Waals surface area contributed by atoms with Crippen molar-refractivity contribution in [2.45, 2.75) is 45.8 Å². The predicted molar refractivity (Wildman–Crippen MR) is 49.9 cm³/mol. The van der Waals surface area contributed by atoms with Gasteiger partial charge in [0.05, 0.1) is 16.3 Å². The summed E-state index contributed by atoms with van der Waals surface area (Å²) < 4.78 is 5.53. The normalized spacial score (nSPS) is 16.8. The summed E-state index contributed by atoms with van der Waals surface area (Å²) in [5, 5.41) is 0.244. The van der Waals surface area contributed by atoms with Gasteiger partial charge in [-0.15, -0.1) is 0 Å². The number of carbonyl (C=O) groups is 1. The van der Waals surface area contributed by atoms with Crippen LogP contribution in [0.1, 0.15) is 34.1 Å². The first-order chi connectivity index (χ1) is 4.92. The monoisotopic (exact) mass is 174 g/mol. The second-order valence-electron chi connectivity index (χ2n) is 3.31. The Kier molecular flexibility index (Phi) is 3.96. The lowest BCUT2D eigenvalue weighted by Crippen LogP contribution is -2.40. The second-order valence-corrected chi connectivity index (χ2v) is 4.22. The summed E-state index contributed by atoms with van der Waals surface area (Å²) in [4.78, 5) is 11.2. The van der Waals surface area contributed by atoms with E-state index in [4.69, 9.17) is 4.74 Å². The van der Waals surface area contributed by atoms with Crippen LogP contribution in [0.3, 0.4) is 0 Å². The highest BCUT2D eigenvalue weighted by molar-refractivity contribution is 6.59. The summed E-state index contributed by atoms with van der Waals surface area (Å²) in [6.45, 7) is 7.78. The van der Waals surface area contributed by atoms with Crippen molar-refractivity contribution in [3.05, 3.63) is 0 Å². The maximum absolute atomic E-state index is 11.2. The minimum Gasteiger partial charge on any atom is -0.365 e. The van der Waals surface area contributed by atoms with E-state index in [1.807, 2.05) is 27.7 Å². The summed E-state index contributed by atoms with van der Waals surface area (Å²) in [6.07, 6.45) is 0.908. The van der Waals surface area contributed by atoms with E-state index < -0.39 is 5.60 Å². The van der Waals surface area contributed by atoms with Crippen LogP contribution in [0.2, 0.25) is 0 Å². The highest BCUT2D eigenvalue weighted by Crippen LogP contribution is 2.17. The van der Waals surface area contributed by atoms with E-state index in [9.17, 15) is 4.79 Å².